The lowest BCUT2D eigenvalue weighted by Gasteiger charge is -2.57. The minimum Gasteiger partial charge on any atom is -0.489 e. The maximum Gasteiger partial charge on any atom is 0.124 e. The second-order valence-electron chi connectivity index (χ2n) is 9.22. The highest BCUT2D eigenvalue weighted by molar-refractivity contribution is 6.31. The van der Waals surface area contributed by atoms with Crippen LogP contribution in [0, 0.1) is 23.6 Å². The zero-order chi connectivity index (χ0) is 19.1. The van der Waals surface area contributed by atoms with Crippen LogP contribution in [-0.2, 0) is 13.2 Å². The van der Waals surface area contributed by atoms with Gasteiger partial charge in [-0.3, -0.25) is 0 Å². The third kappa shape index (κ3) is 3.79. The molecule has 4 saturated carbocycles. The van der Waals surface area contributed by atoms with Crippen molar-refractivity contribution in [3.63, 3.8) is 0 Å². The van der Waals surface area contributed by atoms with Crippen LogP contribution in [0.1, 0.15) is 49.7 Å². The highest BCUT2D eigenvalue weighted by atomic mass is 35.5. The van der Waals surface area contributed by atoms with Crippen LogP contribution in [0.4, 0.5) is 4.39 Å². The van der Waals surface area contributed by atoms with Gasteiger partial charge in [0.05, 0.1) is 5.02 Å². The normalized spacial score (nSPS) is 30.6. The molecule has 0 amide bonds. The summed E-state index contributed by atoms with van der Waals surface area (Å²) in [5.74, 6) is 3.35. The number of halogens is 2. The average molecular weight is 400 g/mol. The summed E-state index contributed by atoms with van der Waals surface area (Å²) in [4.78, 5) is 0. The highest BCUT2D eigenvalue weighted by Crippen LogP contribution is 2.55. The first-order chi connectivity index (χ1) is 13.6. The monoisotopic (exact) mass is 399 g/mol. The van der Waals surface area contributed by atoms with E-state index < -0.39 is 0 Å². The standard InChI is InChI=1S/C24H27ClFNO/c25-23-10-21(26)5-4-20(23)15-28-22-3-1-2-16(9-22)14-27-24-11-17-6-18(12-24)8-19(7-17)13-24/h1-5,9-10,17-19,27H,6-8,11-15H2. The number of nitrogens with one attached hydrogen (secondary N) is 1. The van der Waals surface area contributed by atoms with Gasteiger partial charge in [-0.15, -0.1) is 0 Å². The van der Waals surface area contributed by atoms with Gasteiger partial charge in [-0.2, -0.15) is 0 Å². The van der Waals surface area contributed by atoms with Gasteiger partial charge in [0.1, 0.15) is 18.2 Å². The van der Waals surface area contributed by atoms with Gasteiger partial charge in [0.2, 0.25) is 0 Å². The molecule has 6 rings (SSSR count). The molecule has 4 bridgehead atoms. The fourth-order valence-corrected chi connectivity index (χ4v) is 6.38. The number of benzene rings is 2. The largest absolute Gasteiger partial charge is 0.489 e. The number of rotatable bonds is 6. The van der Waals surface area contributed by atoms with Crippen molar-refractivity contribution in [3.8, 4) is 5.75 Å². The Labute approximate surface area is 171 Å². The summed E-state index contributed by atoms with van der Waals surface area (Å²) in [5.41, 5.74) is 2.41. The molecule has 0 aromatic heterocycles. The fraction of sp³-hybridized carbons (Fsp3) is 0.500. The molecule has 0 heterocycles. The van der Waals surface area contributed by atoms with E-state index in [2.05, 4.69) is 17.4 Å². The van der Waals surface area contributed by atoms with Crippen LogP contribution in [0.5, 0.6) is 5.75 Å². The SMILES string of the molecule is Fc1ccc(COc2cccc(CNC34CC5CC(CC(C5)C3)C4)c2)c(Cl)c1. The Kier molecular flexibility index (Phi) is 4.84. The Balaban J connectivity index is 1.21. The summed E-state index contributed by atoms with van der Waals surface area (Å²) in [5, 5.41) is 4.34. The van der Waals surface area contributed by atoms with Crippen molar-refractivity contribution in [3.05, 3.63) is 64.4 Å². The molecule has 2 aromatic rings. The molecular weight excluding hydrogens is 373 g/mol. The van der Waals surface area contributed by atoms with Gasteiger partial charge in [-0.25, -0.2) is 4.39 Å². The molecule has 0 aliphatic heterocycles. The average Bonchev–Trinajstić information content (AvgIpc) is 2.65. The molecule has 0 radical (unpaired) electrons. The quantitative estimate of drug-likeness (QED) is 0.632. The first-order valence-electron chi connectivity index (χ1n) is 10.5. The molecule has 4 fully saturated rings. The Hall–Kier alpha value is -1.58. The topological polar surface area (TPSA) is 21.3 Å². The number of ether oxygens (including phenoxy) is 1. The second-order valence-corrected chi connectivity index (χ2v) is 9.63. The van der Waals surface area contributed by atoms with Gasteiger partial charge in [0.15, 0.2) is 0 Å². The zero-order valence-electron chi connectivity index (χ0n) is 16.1. The summed E-state index contributed by atoms with van der Waals surface area (Å²) in [6, 6.07) is 12.7. The Bertz CT molecular complexity index is 832. The third-order valence-corrected chi connectivity index (χ3v) is 7.37. The molecule has 0 spiro atoms. The molecule has 4 aliphatic rings. The molecule has 28 heavy (non-hydrogen) atoms. The first kappa shape index (κ1) is 18.4. The van der Waals surface area contributed by atoms with E-state index in [1.165, 1.54) is 56.2 Å². The maximum absolute atomic E-state index is 13.2. The van der Waals surface area contributed by atoms with Crippen LogP contribution in [0.15, 0.2) is 42.5 Å². The van der Waals surface area contributed by atoms with Gasteiger partial charge in [0.25, 0.3) is 0 Å². The third-order valence-electron chi connectivity index (χ3n) is 7.01. The van der Waals surface area contributed by atoms with Crippen LogP contribution in [0.3, 0.4) is 0 Å². The summed E-state index contributed by atoms with van der Waals surface area (Å²) in [7, 11) is 0. The van der Waals surface area contributed by atoms with E-state index >= 15 is 0 Å². The van der Waals surface area contributed by atoms with Gasteiger partial charge in [-0.1, -0.05) is 29.8 Å². The van der Waals surface area contributed by atoms with Crippen LogP contribution >= 0.6 is 11.6 Å². The predicted molar refractivity (Wildman–Crippen MR) is 110 cm³/mol. The number of hydrogen-bond acceptors (Lipinski definition) is 2. The van der Waals surface area contributed by atoms with Crippen molar-refractivity contribution in [2.24, 2.45) is 17.8 Å². The Morgan fingerprint density at radius 3 is 2.39 bits per heavy atom. The minimum absolute atomic E-state index is 0.327. The fourth-order valence-electron chi connectivity index (χ4n) is 6.16. The molecule has 4 heteroatoms. The minimum atomic E-state index is -0.327. The van der Waals surface area contributed by atoms with E-state index in [1.54, 1.807) is 6.07 Å². The van der Waals surface area contributed by atoms with Gasteiger partial charge in [0, 0.05) is 17.6 Å². The van der Waals surface area contributed by atoms with Crippen molar-refractivity contribution in [1.82, 2.24) is 5.32 Å². The first-order valence-corrected chi connectivity index (χ1v) is 10.9. The molecule has 2 aromatic carbocycles. The second kappa shape index (κ2) is 7.35. The Morgan fingerprint density at radius 1 is 1.00 bits per heavy atom. The predicted octanol–water partition coefficient (Wildman–Crippen LogP) is 6.12. The molecule has 1 N–H and O–H groups in total. The van der Waals surface area contributed by atoms with E-state index in [0.717, 1.165) is 35.6 Å². The Morgan fingerprint density at radius 2 is 1.71 bits per heavy atom. The van der Waals surface area contributed by atoms with Crippen LogP contribution in [0.25, 0.3) is 0 Å². The lowest BCUT2D eigenvalue weighted by Crippen LogP contribution is -2.58. The lowest BCUT2D eigenvalue weighted by molar-refractivity contribution is -0.0206. The molecule has 2 nitrogen and oxygen atoms in total. The van der Waals surface area contributed by atoms with E-state index in [4.69, 9.17) is 16.3 Å². The van der Waals surface area contributed by atoms with E-state index in [-0.39, 0.29) is 5.82 Å². The summed E-state index contributed by atoms with van der Waals surface area (Å²) in [6.07, 6.45) is 8.48. The molecule has 0 unspecified atom stereocenters. The van der Waals surface area contributed by atoms with E-state index in [1.807, 2.05) is 12.1 Å². The maximum atomic E-state index is 13.2. The summed E-state index contributed by atoms with van der Waals surface area (Å²) < 4.78 is 19.1. The zero-order valence-corrected chi connectivity index (χ0v) is 16.9. The molecule has 0 saturated heterocycles. The molecule has 148 valence electrons. The van der Waals surface area contributed by atoms with Gasteiger partial charge < -0.3 is 10.1 Å². The van der Waals surface area contributed by atoms with Gasteiger partial charge in [-0.05, 0) is 86.1 Å². The lowest BCUT2D eigenvalue weighted by atomic mass is 9.53. The van der Waals surface area contributed by atoms with Crippen LogP contribution < -0.4 is 10.1 Å². The van der Waals surface area contributed by atoms with E-state index in [9.17, 15) is 4.39 Å². The summed E-state index contributed by atoms with van der Waals surface area (Å²) >= 11 is 6.10. The number of hydrogen-bond donors (Lipinski definition) is 1. The molecular formula is C24H27ClFNO. The molecule has 4 aliphatic carbocycles. The van der Waals surface area contributed by atoms with Crippen LogP contribution in [-0.4, -0.2) is 5.54 Å². The molecule has 0 atom stereocenters. The van der Waals surface area contributed by atoms with Crippen molar-refractivity contribution in [1.29, 1.82) is 0 Å². The highest BCUT2D eigenvalue weighted by Gasteiger charge is 2.50. The van der Waals surface area contributed by atoms with Crippen LogP contribution in [0.2, 0.25) is 5.02 Å². The van der Waals surface area contributed by atoms with Crippen molar-refractivity contribution >= 4 is 11.6 Å². The van der Waals surface area contributed by atoms with Crippen molar-refractivity contribution in [2.45, 2.75) is 57.2 Å². The smallest absolute Gasteiger partial charge is 0.124 e. The van der Waals surface area contributed by atoms with E-state index in [0.29, 0.717) is 17.2 Å². The summed E-state index contributed by atoms with van der Waals surface area (Å²) in [6.45, 7) is 1.23. The van der Waals surface area contributed by atoms with Crippen molar-refractivity contribution < 1.29 is 9.13 Å². The van der Waals surface area contributed by atoms with Gasteiger partial charge >= 0.3 is 0 Å². The van der Waals surface area contributed by atoms with Crippen molar-refractivity contribution in [2.75, 3.05) is 0 Å².